The standard InChI is InChI=1S/C22H23NO5/c1-14-7-5-6-8-18(14)12-27-22(24)17-9-10-20(21(11-17)25-4)26-13-19-15(2)23-28-16(19)3/h5-11H,12-13H2,1-4H3. The Hall–Kier alpha value is -3.28. The molecule has 3 aromatic rings. The van der Waals surface area contributed by atoms with Gasteiger partial charge >= 0.3 is 5.97 Å². The van der Waals surface area contributed by atoms with Gasteiger partial charge in [-0.15, -0.1) is 0 Å². The van der Waals surface area contributed by atoms with E-state index in [4.69, 9.17) is 18.7 Å². The smallest absolute Gasteiger partial charge is 0.338 e. The zero-order valence-electron chi connectivity index (χ0n) is 16.4. The molecule has 6 heteroatoms. The van der Waals surface area contributed by atoms with Gasteiger partial charge in [-0.1, -0.05) is 29.4 Å². The summed E-state index contributed by atoms with van der Waals surface area (Å²) in [6.07, 6.45) is 0. The summed E-state index contributed by atoms with van der Waals surface area (Å²) >= 11 is 0. The van der Waals surface area contributed by atoms with Gasteiger partial charge in [0, 0.05) is 0 Å². The molecule has 28 heavy (non-hydrogen) atoms. The zero-order valence-corrected chi connectivity index (χ0v) is 16.4. The molecule has 0 radical (unpaired) electrons. The molecule has 6 nitrogen and oxygen atoms in total. The highest BCUT2D eigenvalue weighted by Gasteiger charge is 2.15. The molecule has 0 aliphatic rings. The largest absolute Gasteiger partial charge is 0.493 e. The first-order valence-corrected chi connectivity index (χ1v) is 8.93. The van der Waals surface area contributed by atoms with E-state index < -0.39 is 5.97 Å². The van der Waals surface area contributed by atoms with Gasteiger partial charge in [0.1, 0.15) is 19.0 Å². The molecule has 1 heterocycles. The molecule has 0 aliphatic carbocycles. The molecule has 0 spiro atoms. The van der Waals surface area contributed by atoms with Crippen LogP contribution in [0.4, 0.5) is 0 Å². The van der Waals surface area contributed by atoms with E-state index >= 15 is 0 Å². The number of carbonyl (C=O) groups is 1. The molecule has 0 amide bonds. The normalized spacial score (nSPS) is 10.6. The van der Waals surface area contributed by atoms with Crippen molar-refractivity contribution in [1.29, 1.82) is 0 Å². The van der Waals surface area contributed by atoms with E-state index in [1.54, 1.807) is 18.2 Å². The average Bonchev–Trinajstić information content (AvgIpc) is 3.03. The first-order valence-electron chi connectivity index (χ1n) is 8.93. The third kappa shape index (κ3) is 4.34. The summed E-state index contributed by atoms with van der Waals surface area (Å²) in [5.74, 6) is 1.28. The number of carbonyl (C=O) groups excluding carboxylic acids is 1. The number of ether oxygens (including phenoxy) is 3. The predicted molar refractivity (Wildman–Crippen MR) is 104 cm³/mol. The maximum absolute atomic E-state index is 12.4. The molecule has 0 saturated heterocycles. The maximum atomic E-state index is 12.4. The highest BCUT2D eigenvalue weighted by molar-refractivity contribution is 5.90. The number of methoxy groups -OCH3 is 1. The zero-order chi connectivity index (χ0) is 20.1. The second-order valence-electron chi connectivity index (χ2n) is 6.46. The third-order valence-corrected chi connectivity index (χ3v) is 4.57. The highest BCUT2D eigenvalue weighted by Crippen LogP contribution is 2.30. The van der Waals surface area contributed by atoms with Crippen molar-refractivity contribution in [3.8, 4) is 11.5 Å². The van der Waals surface area contributed by atoms with Crippen molar-refractivity contribution in [3.05, 3.63) is 76.2 Å². The van der Waals surface area contributed by atoms with Crippen molar-refractivity contribution >= 4 is 5.97 Å². The lowest BCUT2D eigenvalue weighted by Crippen LogP contribution is -2.07. The predicted octanol–water partition coefficient (Wildman–Crippen LogP) is 4.54. The van der Waals surface area contributed by atoms with Crippen LogP contribution in [-0.4, -0.2) is 18.2 Å². The lowest BCUT2D eigenvalue weighted by Gasteiger charge is -2.12. The Labute approximate surface area is 164 Å². The number of esters is 1. The molecule has 0 unspecified atom stereocenters. The molecular weight excluding hydrogens is 358 g/mol. The van der Waals surface area contributed by atoms with Crippen molar-refractivity contribution in [2.75, 3.05) is 7.11 Å². The molecule has 0 saturated carbocycles. The minimum Gasteiger partial charge on any atom is -0.493 e. The van der Waals surface area contributed by atoms with Gasteiger partial charge in [-0.2, -0.15) is 0 Å². The van der Waals surface area contributed by atoms with E-state index in [1.165, 1.54) is 7.11 Å². The molecule has 1 aromatic heterocycles. The molecule has 2 aromatic carbocycles. The van der Waals surface area contributed by atoms with Crippen LogP contribution in [0.2, 0.25) is 0 Å². The molecule has 0 bridgehead atoms. The van der Waals surface area contributed by atoms with Gasteiger partial charge in [0.25, 0.3) is 0 Å². The lowest BCUT2D eigenvalue weighted by atomic mass is 10.1. The summed E-state index contributed by atoms with van der Waals surface area (Å²) in [4.78, 5) is 12.4. The fraction of sp³-hybridized carbons (Fsp3) is 0.273. The topological polar surface area (TPSA) is 70.8 Å². The Morgan fingerprint density at radius 2 is 1.82 bits per heavy atom. The number of aromatic nitrogens is 1. The Kier molecular flexibility index (Phi) is 5.99. The number of rotatable bonds is 7. The quantitative estimate of drug-likeness (QED) is 0.560. The Morgan fingerprint density at radius 3 is 2.50 bits per heavy atom. The number of hydrogen-bond acceptors (Lipinski definition) is 6. The van der Waals surface area contributed by atoms with Gasteiger partial charge in [-0.3, -0.25) is 0 Å². The summed E-state index contributed by atoms with van der Waals surface area (Å²) < 4.78 is 21.8. The van der Waals surface area contributed by atoms with E-state index in [-0.39, 0.29) is 6.61 Å². The van der Waals surface area contributed by atoms with Gasteiger partial charge in [-0.05, 0) is 50.1 Å². The molecular formula is C22H23NO5. The van der Waals surface area contributed by atoms with E-state index in [9.17, 15) is 4.79 Å². The number of aryl methyl sites for hydroxylation is 3. The second-order valence-corrected chi connectivity index (χ2v) is 6.46. The van der Waals surface area contributed by atoms with Crippen LogP contribution in [0.5, 0.6) is 11.5 Å². The summed E-state index contributed by atoms with van der Waals surface area (Å²) in [5.41, 5.74) is 4.13. The van der Waals surface area contributed by atoms with Crippen molar-refractivity contribution in [3.63, 3.8) is 0 Å². The van der Waals surface area contributed by atoms with Crippen LogP contribution in [0.15, 0.2) is 47.0 Å². The van der Waals surface area contributed by atoms with Crippen LogP contribution in [-0.2, 0) is 18.0 Å². The van der Waals surface area contributed by atoms with Crippen LogP contribution < -0.4 is 9.47 Å². The fourth-order valence-electron chi connectivity index (χ4n) is 2.77. The van der Waals surface area contributed by atoms with E-state index in [0.29, 0.717) is 29.4 Å². The first kappa shape index (κ1) is 19.5. The molecule has 0 N–H and O–H groups in total. The maximum Gasteiger partial charge on any atom is 0.338 e. The van der Waals surface area contributed by atoms with Gasteiger partial charge in [0.2, 0.25) is 0 Å². The number of benzene rings is 2. The third-order valence-electron chi connectivity index (χ3n) is 4.57. The molecule has 0 atom stereocenters. The van der Waals surface area contributed by atoms with E-state index in [0.717, 1.165) is 22.4 Å². The summed E-state index contributed by atoms with van der Waals surface area (Å²) in [5, 5.41) is 3.91. The number of nitrogens with zero attached hydrogens (tertiary/aromatic N) is 1. The van der Waals surface area contributed by atoms with Gasteiger partial charge in [0.15, 0.2) is 11.5 Å². The van der Waals surface area contributed by atoms with Crippen LogP contribution >= 0.6 is 0 Å². The average molecular weight is 381 g/mol. The minimum atomic E-state index is -0.418. The Bertz CT molecular complexity index is 957. The summed E-state index contributed by atoms with van der Waals surface area (Å²) in [7, 11) is 1.53. The fourth-order valence-corrected chi connectivity index (χ4v) is 2.77. The Morgan fingerprint density at radius 1 is 1.04 bits per heavy atom. The minimum absolute atomic E-state index is 0.220. The molecule has 146 valence electrons. The van der Waals surface area contributed by atoms with Crippen LogP contribution in [0, 0.1) is 20.8 Å². The van der Waals surface area contributed by atoms with Gasteiger partial charge in [-0.25, -0.2) is 4.79 Å². The summed E-state index contributed by atoms with van der Waals surface area (Å²) in [6, 6.07) is 12.8. The SMILES string of the molecule is COc1cc(C(=O)OCc2ccccc2C)ccc1OCc1c(C)noc1C. The van der Waals surface area contributed by atoms with Gasteiger partial charge < -0.3 is 18.7 Å². The first-order chi connectivity index (χ1) is 13.5. The van der Waals surface area contributed by atoms with Crippen molar-refractivity contribution in [1.82, 2.24) is 5.16 Å². The second kappa shape index (κ2) is 8.61. The molecule has 0 fully saturated rings. The molecule has 0 aliphatic heterocycles. The van der Waals surface area contributed by atoms with E-state index in [2.05, 4.69) is 5.16 Å². The Balaban J connectivity index is 1.68. The van der Waals surface area contributed by atoms with Crippen molar-refractivity contribution < 1.29 is 23.5 Å². The monoisotopic (exact) mass is 381 g/mol. The highest BCUT2D eigenvalue weighted by atomic mass is 16.5. The van der Waals surface area contributed by atoms with Crippen molar-refractivity contribution in [2.45, 2.75) is 34.0 Å². The van der Waals surface area contributed by atoms with E-state index in [1.807, 2.05) is 45.0 Å². The summed E-state index contributed by atoms with van der Waals surface area (Å²) in [6.45, 7) is 6.20. The lowest BCUT2D eigenvalue weighted by molar-refractivity contribution is 0.0471. The molecule has 3 rings (SSSR count). The number of hydrogen-bond donors (Lipinski definition) is 0. The van der Waals surface area contributed by atoms with Gasteiger partial charge in [0.05, 0.1) is 23.9 Å². The van der Waals surface area contributed by atoms with Crippen LogP contribution in [0.3, 0.4) is 0 Å². The van der Waals surface area contributed by atoms with Crippen LogP contribution in [0.25, 0.3) is 0 Å². The van der Waals surface area contributed by atoms with Crippen LogP contribution in [0.1, 0.15) is 38.5 Å². The van der Waals surface area contributed by atoms with Crippen molar-refractivity contribution in [2.24, 2.45) is 0 Å².